The van der Waals surface area contributed by atoms with Gasteiger partial charge in [-0.3, -0.25) is 0 Å². The summed E-state index contributed by atoms with van der Waals surface area (Å²) in [4.78, 5) is 6.30. The first-order chi connectivity index (χ1) is 9.27. The molecule has 3 nitrogen and oxygen atoms in total. The molecular formula is C14H18ClF2N3. The van der Waals surface area contributed by atoms with E-state index in [2.05, 4.69) is 4.98 Å². The molecule has 2 aromatic rings. The van der Waals surface area contributed by atoms with E-state index in [1.54, 1.807) is 4.57 Å². The van der Waals surface area contributed by atoms with Gasteiger partial charge in [0, 0.05) is 12.1 Å². The third-order valence-electron chi connectivity index (χ3n) is 3.75. The lowest BCUT2D eigenvalue weighted by atomic mass is 10.0. The SMILES string of the molecule is CN(C)C(C)(C)Cn1c(CCl)nc2ccc(F)c(F)c21. The van der Waals surface area contributed by atoms with Gasteiger partial charge in [-0.2, -0.15) is 0 Å². The van der Waals surface area contributed by atoms with E-state index in [1.807, 2.05) is 32.8 Å². The van der Waals surface area contributed by atoms with Gasteiger partial charge in [-0.1, -0.05) is 0 Å². The minimum Gasteiger partial charge on any atom is -0.323 e. The molecule has 0 aliphatic heterocycles. The number of rotatable bonds is 4. The molecule has 2 rings (SSSR count). The molecule has 0 bridgehead atoms. The molecule has 0 N–H and O–H groups in total. The summed E-state index contributed by atoms with van der Waals surface area (Å²) in [5, 5.41) is 0. The maximum Gasteiger partial charge on any atom is 0.184 e. The van der Waals surface area contributed by atoms with Crippen molar-refractivity contribution >= 4 is 22.6 Å². The molecule has 1 heterocycles. The molecule has 6 heteroatoms. The van der Waals surface area contributed by atoms with Gasteiger partial charge in [0.2, 0.25) is 0 Å². The maximum absolute atomic E-state index is 14.1. The van der Waals surface area contributed by atoms with Crippen molar-refractivity contribution in [1.82, 2.24) is 14.5 Å². The van der Waals surface area contributed by atoms with Crippen molar-refractivity contribution in [1.29, 1.82) is 0 Å². The van der Waals surface area contributed by atoms with Crippen LogP contribution in [0.5, 0.6) is 0 Å². The van der Waals surface area contributed by atoms with E-state index in [1.165, 1.54) is 6.07 Å². The first-order valence-electron chi connectivity index (χ1n) is 6.34. The average molecular weight is 302 g/mol. The van der Waals surface area contributed by atoms with Crippen LogP contribution in [0.4, 0.5) is 8.78 Å². The van der Waals surface area contributed by atoms with Crippen LogP contribution in [0.2, 0.25) is 0 Å². The molecule has 0 aliphatic rings. The number of nitrogens with zero attached hydrogens (tertiary/aromatic N) is 3. The topological polar surface area (TPSA) is 21.1 Å². The van der Waals surface area contributed by atoms with Crippen molar-refractivity contribution < 1.29 is 8.78 Å². The summed E-state index contributed by atoms with van der Waals surface area (Å²) < 4.78 is 29.2. The molecule has 0 radical (unpaired) electrons. The smallest absolute Gasteiger partial charge is 0.184 e. The van der Waals surface area contributed by atoms with Crippen molar-refractivity contribution in [3.8, 4) is 0 Å². The van der Waals surface area contributed by atoms with Crippen LogP contribution in [0.3, 0.4) is 0 Å². The highest BCUT2D eigenvalue weighted by molar-refractivity contribution is 6.16. The molecule has 0 saturated carbocycles. The van der Waals surface area contributed by atoms with Crippen molar-refractivity contribution in [3.63, 3.8) is 0 Å². The first kappa shape index (κ1) is 15.2. The van der Waals surface area contributed by atoms with E-state index in [9.17, 15) is 8.78 Å². The molecule has 0 unspecified atom stereocenters. The molecule has 0 atom stereocenters. The van der Waals surface area contributed by atoms with Crippen molar-refractivity contribution in [2.45, 2.75) is 31.8 Å². The Bertz CT molecular complexity index is 635. The van der Waals surface area contributed by atoms with Crippen LogP contribution in [0.15, 0.2) is 12.1 Å². The Labute approximate surface area is 122 Å². The zero-order valence-electron chi connectivity index (χ0n) is 12.0. The third kappa shape index (κ3) is 2.52. The Balaban J connectivity index is 2.64. The van der Waals surface area contributed by atoms with E-state index in [-0.39, 0.29) is 16.9 Å². The van der Waals surface area contributed by atoms with Gasteiger partial charge in [0.15, 0.2) is 11.6 Å². The maximum atomic E-state index is 14.1. The van der Waals surface area contributed by atoms with Crippen molar-refractivity contribution in [3.05, 3.63) is 29.6 Å². The Morgan fingerprint density at radius 1 is 1.30 bits per heavy atom. The summed E-state index contributed by atoms with van der Waals surface area (Å²) in [6, 6.07) is 2.56. The zero-order valence-corrected chi connectivity index (χ0v) is 12.8. The average Bonchev–Trinajstić information content (AvgIpc) is 2.72. The molecule has 1 aromatic heterocycles. The quantitative estimate of drug-likeness (QED) is 0.807. The van der Waals surface area contributed by atoms with Crippen LogP contribution in [0.1, 0.15) is 19.7 Å². The summed E-state index contributed by atoms with van der Waals surface area (Å²) in [6.07, 6.45) is 0. The molecular weight excluding hydrogens is 284 g/mol. The minimum atomic E-state index is -0.874. The van der Waals surface area contributed by atoms with Gasteiger partial charge in [0.05, 0.1) is 11.4 Å². The molecule has 1 aromatic carbocycles. The fourth-order valence-electron chi connectivity index (χ4n) is 2.01. The minimum absolute atomic E-state index is 0.152. The molecule has 0 amide bonds. The van der Waals surface area contributed by atoms with E-state index < -0.39 is 11.6 Å². The van der Waals surface area contributed by atoms with E-state index >= 15 is 0 Å². The molecule has 0 fully saturated rings. The number of alkyl halides is 1. The van der Waals surface area contributed by atoms with Crippen molar-refractivity contribution in [2.24, 2.45) is 0 Å². The lowest BCUT2D eigenvalue weighted by Crippen LogP contribution is -2.42. The fraction of sp³-hybridized carbons (Fsp3) is 0.500. The number of hydrogen-bond donors (Lipinski definition) is 0. The number of aromatic nitrogens is 2. The van der Waals surface area contributed by atoms with Crippen LogP contribution < -0.4 is 0 Å². The predicted molar refractivity (Wildman–Crippen MR) is 77.0 cm³/mol. The van der Waals surface area contributed by atoms with Gasteiger partial charge >= 0.3 is 0 Å². The molecule has 110 valence electrons. The molecule has 0 aliphatic carbocycles. The lowest BCUT2D eigenvalue weighted by molar-refractivity contribution is 0.170. The van der Waals surface area contributed by atoms with Gasteiger partial charge in [-0.25, -0.2) is 13.8 Å². The summed E-state index contributed by atoms with van der Waals surface area (Å²) in [5.74, 6) is -1.05. The summed E-state index contributed by atoms with van der Waals surface area (Å²) >= 11 is 5.89. The van der Waals surface area contributed by atoms with E-state index in [4.69, 9.17) is 11.6 Å². The number of hydrogen-bond acceptors (Lipinski definition) is 2. The standard InChI is InChI=1S/C14H18ClF2N3/c1-14(2,19(3)4)8-20-11(7-15)18-10-6-5-9(16)12(17)13(10)20/h5-6H,7-8H2,1-4H3. The first-order valence-corrected chi connectivity index (χ1v) is 6.88. The van der Waals surface area contributed by atoms with Crippen LogP contribution in [0.25, 0.3) is 11.0 Å². The van der Waals surface area contributed by atoms with Crippen LogP contribution in [-0.2, 0) is 12.4 Å². The second-order valence-electron chi connectivity index (χ2n) is 5.68. The highest BCUT2D eigenvalue weighted by Crippen LogP contribution is 2.25. The van der Waals surface area contributed by atoms with Crippen LogP contribution in [-0.4, -0.2) is 34.1 Å². The lowest BCUT2D eigenvalue weighted by Gasteiger charge is -2.33. The van der Waals surface area contributed by atoms with Gasteiger partial charge in [0.1, 0.15) is 11.3 Å². The highest BCUT2D eigenvalue weighted by atomic mass is 35.5. The number of benzene rings is 1. The number of likely N-dealkylation sites (N-methyl/N-ethyl adjacent to an activating group) is 1. The molecule has 0 saturated heterocycles. The van der Waals surface area contributed by atoms with Gasteiger partial charge in [0.25, 0.3) is 0 Å². The zero-order chi connectivity index (χ0) is 15.1. The van der Waals surface area contributed by atoms with Crippen LogP contribution >= 0.6 is 11.6 Å². The predicted octanol–water partition coefficient (Wildman–Crippen LogP) is 3.39. The number of halogens is 3. The fourth-order valence-corrected chi connectivity index (χ4v) is 2.21. The van der Waals surface area contributed by atoms with Crippen LogP contribution in [0, 0.1) is 11.6 Å². The number of imidazole rings is 1. The molecule has 20 heavy (non-hydrogen) atoms. The largest absolute Gasteiger partial charge is 0.323 e. The second kappa shape index (κ2) is 5.30. The Hall–Kier alpha value is -1.20. The van der Waals surface area contributed by atoms with E-state index in [0.717, 1.165) is 6.07 Å². The second-order valence-corrected chi connectivity index (χ2v) is 5.95. The Morgan fingerprint density at radius 3 is 2.50 bits per heavy atom. The Kier molecular flexibility index (Phi) is 4.02. The van der Waals surface area contributed by atoms with E-state index in [0.29, 0.717) is 17.9 Å². The highest BCUT2D eigenvalue weighted by Gasteiger charge is 2.25. The molecule has 0 spiro atoms. The normalized spacial score (nSPS) is 12.6. The van der Waals surface area contributed by atoms with Crippen molar-refractivity contribution in [2.75, 3.05) is 14.1 Å². The summed E-state index contributed by atoms with van der Waals surface area (Å²) in [5.41, 5.74) is 0.359. The van der Waals surface area contributed by atoms with Gasteiger partial charge in [-0.15, -0.1) is 11.6 Å². The Morgan fingerprint density at radius 2 is 1.95 bits per heavy atom. The summed E-state index contributed by atoms with van der Waals surface area (Å²) in [6.45, 7) is 4.51. The number of fused-ring (bicyclic) bond motifs is 1. The van der Waals surface area contributed by atoms with Gasteiger partial charge < -0.3 is 9.47 Å². The monoisotopic (exact) mass is 301 g/mol. The summed E-state index contributed by atoms with van der Waals surface area (Å²) in [7, 11) is 3.88. The van der Waals surface area contributed by atoms with Gasteiger partial charge in [-0.05, 0) is 40.1 Å². The third-order valence-corrected chi connectivity index (χ3v) is 3.99.